The molecule has 194 valence electrons. The number of rotatable bonds is 4. The van der Waals surface area contributed by atoms with E-state index in [9.17, 15) is 4.79 Å². The Hall–Kier alpha value is -3.10. The Morgan fingerprint density at radius 3 is 2.44 bits per heavy atom. The summed E-state index contributed by atoms with van der Waals surface area (Å²) in [5.41, 5.74) is 1.81. The van der Waals surface area contributed by atoms with E-state index in [-0.39, 0.29) is 6.09 Å². The Morgan fingerprint density at radius 1 is 1.03 bits per heavy atom. The molecule has 4 heterocycles. The molecule has 9 heteroatoms. The van der Waals surface area contributed by atoms with E-state index in [2.05, 4.69) is 38.1 Å². The van der Waals surface area contributed by atoms with Crippen LogP contribution < -0.4 is 15.1 Å². The summed E-state index contributed by atoms with van der Waals surface area (Å²) in [4.78, 5) is 33.0. The molecule has 2 aromatic heterocycles. The number of anilines is 4. The number of hydrogen-bond acceptors (Lipinski definition) is 8. The van der Waals surface area contributed by atoms with Gasteiger partial charge in [-0.2, -0.15) is 4.98 Å². The van der Waals surface area contributed by atoms with Crippen molar-refractivity contribution in [3.63, 3.8) is 0 Å². The average Bonchev–Trinajstić information content (AvgIpc) is 3.20. The number of piperazine rings is 1. The molecule has 0 spiro atoms. The number of aromatic nitrogens is 3. The van der Waals surface area contributed by atoms with Crippen LogP contribution in [0.2, 0.25) is 0 Å². The molecule has 0 bridgehead atoms. The maximum Gasteiger partial charge on any atom is 0.410 e. The van der Waals surface area contributed by atoms with Gasteiger partial charge in [-0.15, -0.1) is 0 Å². The standard InChI is InChI=1S/C27H39N7O2/c1-19-18-34(20-8-6-5-7-9-20)24-22(19)17-29-25(31-24)30-23-11-10-21(16-28-23)32-12-14-33(15-13-32)26(35)36-27(2,3)4/h10-11,16-17,19-20H,5-9,12-15,18H2,1-4H3,(H,28,29,30,31). The number of carbonyl (C=O) groups excluding carboxylic acids is 1. The van der Waals surface area contributed by atoms with Crippen LogP contribution in [0.3, 0.4) is 0 Å². The molecule has 2 aromatic rings. The highest BCUT2D eigenvalue weighted by Crippen LogP contribution is 2.39. The van der Waals surface area contributed by atoms with Crippen LogP contribution in [0.5, 0.6) is 0 Å². The molecule has 0 radical (unpaired) electrons. The molecule has 9 nitrogen and oxygen atoms in total. The van der Waals surface area contributed by atoms with Gasteiger partial charge in [0, 0.05) is 56.4 Å². The fraction of sp³-hybridized carbons (Fsp3) is 0.630. The van der Waals surface area contributed by atoms with Crippen LogP contribution >= 0.6 is 0 Å². The van der Waals surface area contributed by atoms with Crippen molar-refractivity contribution in [1.29, 1.82) is 0 Å². The molecular weight excluding hydrogens is 454 g/mol. The quantitative estimate of drug-likeness (QED) is 0.642. The molecule has 36 heavy (non-hydrogen) atoms. The van der Waals surface area contributed by atoms with E-state index < -0.39 is 5.60 Å². The minimum atomic E-state index is -0.476. The molecular formula is C27H39N7O2. The molecule has 3 aliphatic rings. The summed E-state index contributed by atoms with van der Waals surface area (Å²) in [6.45, 7) is 11.7. The molecule has 1 amide bonds. The number of pyridine rings is 1. The lowest BCUT2D eigenvalue weighted by atomic mass is 9.94. The van der Waals surface area contributed by atoms with Crippen molar-refractivity contribution in [1.82, 2.24) is 19.9 Å². The van der Waals surface area contributed by atoms with Crippen LogP contribution in [0.4, 0.5) is 28.1 Å². The first-order valence-electron chi connectivity index (χ1n) is 13.4. The van der Waals surface area contributed by atoms with Crippen LogP contribution in [-0.4, -0.2) is 70.3 Å². The summed E-state index contributed by atoms with van der Waals surface area (Å²) < 4.78 is 5.50. The minimum Gasteiger partial charge on any atom is -0.444 e. The summed E-state index contributed by atoms with van der Waals surface area (Å²) in [6, 6.07) is 4.62. The first-order valence-corrected chi connectivity index (χ1v) is 13.4. The van der Waals surface area contributed by atoms with Gasteiger partial charge in [0.1, 0.15) is 17.2 Å². The van der Waals surface area contributed by atoms with Crippen molar-refractivity contribution >= 4 is 29.4 Å². The first-order chi connectivity index (χ1) is 17.3. The van der Waals surface area contributed by atoms with E-state index in [0.717, 1.165) is 37.0 Å². The number of amides is 1. The Kier molecular flexibility index (Phi) is 6.90. The number of fused-ring (bicyclic) bond motifs is 1. The lowest BCUT2D eigenvalue weighted by Gasteiger charge is -2.36. The Labute approximate surface area is 214 Å². The maximum absolute atomic E-state index is 12.3. The molecule has 1 saturated carbocycles. The van der Waals surface area contributed by atoms with Gasteiger partial charge in [0.25, 0.3) is 0 Å². The summed E-state index contributed by atoms with van der Waals surface area (Å²) in [5.74, 6) is 2.87. The lowest BCUT2D eigenvalue weighted by molar-refractivity contribution is 0.0240. The molecule has 0 aromatic carbocycles. The van der Waals surface area contributed by atoms with Crippen molar-refractivity contribution in [3.8, 4) is 0 Å². The predicted molar refractivity (Wildman–Crippen MR) is 142 cm³/mol. The summed E-state index contributed by atoms with van der Waals surface area (Å²) >= 11 is 0. The van der Waals surface area contributed by atoms with Crippen LogP contribution in [0, 0.1) is 0 Å². The highest BCUT2D eigenvalue weighted by Gasteiger charge is 2.33. The zero-order chi connectivity index (χ0) is 25.3. The number of carbonyl (C=O) groups is 1. The van der Waals surface area contributed by atoms with Crippen LogP contribution in [-0.2, 0) is 4.74 Å². The van der Waals surface area contributed by atoms with Gasteiger partial charge in [-0.25, -0.2) is 14.8 Å². The zero-order valence-electron chi connectivity index (χ0n) is 22.0. The molecule has 1 N–H and O–H groups in total. The van der Waals surface area contributed by atoms with Gasteiger partial charge < -0.3 is 24.8 Å². The largest absolute Gasteiger partial charge is 0.444 e. The SMILES string of the molecule is CC1CN(C2CCCCC2)c2nc(Nc3ccc(N4CCN(C(=O)OC(C)(C)C)CC4)cn3)ncc21. The lowest BCUT2D eigenvalue weighted by Crippen LogP contribution is -2.50. The van der Waals surface area contributed by atoms with Crippen LogP contribution in [0.1, 0.15) is 71.3 Å². The van der Waals surface area contributed by atoms with Crippen molar-refractivity contribution in [2.75, 3.05) is 47.8 Å². The molecule has 1 unspecified atom stereocenters. The Bertz CT molecular complexity index is 1050. The number of hydrogen-bond donors (Lipinski definition) is 1. The molecule has 1 saturated heterocycles. The van der Waals surface area contributed by atoms with Crippen molar-refractivity contribution in [2.24, 2.45) is 0 Å². The highest BCUT2D eigenvalue weighted by molar-refractivity contribution is 5.68. The summed E-state index contributed by atoms with van der Waals surface area (Å²) in [5, 5.41) is 3.30. The molecule has 1 atom stereocenters. The third-order valence-electron chi connectivity index (χ3n) is 7.37. The third kappa shape index (κ3) is 5.50. The van der Waals surface area contributed by atoms with Gasteiger partial charge in [0.15, 0.2) is 0 Å². The summed E-state index contributed by atoms with van der Waals surface area (Å²) in [6.07, 6.45) is 10.1. The van der Waals surface area contributed by atoms with E-state index in [0.29, 0.717) is 31.0 Å². The van der Waals surface area contributed by atoms with Gasteiger partial charge in [0.2, 0.25) is 5.95 Å². The van der Waals surface area contributed by atoms with Gasteiger partial charge in [-0.1, -0.05) is 26.2 Å². The van der Waals surface area contributed by atoms with E-state index >= 15 is 0 Å². The van der Waals surface area contributed by atoms with Crippen LogP contribution in [0.25, 0.3) is 0 Å². The fourth-order valence-corrected chi connectivity index (χ4v) is 5.45. The Morgan fingerprint density at radius 2 is 1.78 bits per heavy atom. The minimum absolute atomic E-state index is 0.245. The smallest absolute Gasteiger partial charge is 0.410 e. The highest BCUT2D eigenvalue weighted by atomic mass is 16.6. The second-order valence-corrected chi connectivity index (χ2v) is 11.3. The van der Waals surface area contributed by atoms with Gasteiger partial charge in [-0.3, -0.25) is 0 Å². The van der Waals surface area contributed by atoms with E-state index in [1.54, 1.807) is 4.90 Å². The Balaban J connectivity index is 1.20. The summed E-state index contributed by atoms with van der Waals surface area (Å²) in [7, 11) is 0. The first kappa shape index (κ1) is 24.6. The third-order valence-corrected chi connectivity index (χ3v) is 7.37. The van der Waals surface area contributed by atoms with Crippen molar-refractivity contribution in [2.45, 2.75) is 77.4 Å². The number of nitrogens with one attached hydrogen (secondary N) is 1. The molecule has 5 rings (SSSR count). The normalized spacial score (nSPS) is 20.9. The van der Waals surface area contributed by atoms with E-state index in [1.807, 2.05) is 39.2 Å². The van der Waals surface area contributed by atoms with Crippen molar-refractivity contribution in [3.05, 3.63) is 30.1 Å². The fourth-order valence-electron chi connectivity index (χ4n) is 5.45. The second-order valence-electron chi connectivity index (χ2n) is 11.3. The van der Waals surface area contributed by atoms with Gasteiger partial charge in [0.05, 0.1) is 11.9 Å². The van der Waals surface area contributed by atoms with E-state index in [4.69, 9.17) is 9.72 Å². The monoisotopic (exact) mass is 493 g/mol. The number of ether oxygens (including phenoxy) is 1. The second kappa shape index (κ2) is 10.1. The maximum atomic E-state index is 12.3. The van der Waals surface area contributed by atoms with Gasteiger partial charge >= 0.3 is 6.09 Å². The van der Waals surface area contributed by atoms with Gasteiger partial charge in [-0.05, 0) is 45.7 Å². The molecule has 1 aliphatic carbocycles. The predicted octanol–water partition coefficient (Wildman–Crippen LogP) is 4.93. The molecule has 2 aliphatic heterocycles. The topological polar surface area (TPSA) is 86.7 Å². The van der Waals surface area contributed by atoms with E-state index in [1.165, 1.54) is 37.7 Å². The number of nitrogens with zero attached hydrogens (tertiary/aromatic N) is 6. The van der Waals surface area contributed by atoms with Crippen LogP contribution in [0.15, 0.2) is 24.5 Å². The average molecular weight is 494 g/mol. The van der Waals surface area contributed by atoms with Crippen molar-refractivity contribution < 1.29 is 9.53 Å². The zero-order valence-corrected chi connectivity index (χ0v) is 22.0. The molecule has 2 fully saturated rings.